The topological polar surface area (TPSA) is 68.1 Å². The van der Waals surface area contributed by atoms with Crippen LogP contribution in [0, 0.1) is 5.92 Å². The van der Waals surface area contributed by atoms with Crippen molar-refractivity contribution in [3.63, 3.8) is 0 Å². The van der Waals surface area contributed by atoms with Crippen LogP contribution in [0.1, 0.15) is 63.6 Å². The maximum atomic E-state index is 13.4. The van der Waals surface area contributed by atoms with Crippen LogP contribution in [-0.4, -0.2) is 42.7 Å². The molecule has 0 amide bonds. The number of hydrogen-bond acceptors (Lipinski definition) is 4. The zero-order chi connectivity index (χ0) is 19.3. The number of H-pyrrole nitrogens is 1. The molecule has 3 unspecified atom stereocenters. The van der Waals surface area contributed by atoms with Gasteiger partial charge in [-0.05, 0) is 37.7 Å². The highest BCUT2D eigenvalue weighted by atomic mass is 19.3. The lowest BCUT2D eigenvalue weighted by atomic mass is 9.93. The first-order valence-electron chi connectivity index (χ1n) is 10.2. The average Bonchev–Trinajstić information content (AvgIpc) is 3.39. The summed E-state index contributed by atoms with van der Waals surface area (Å²) in [5, 5.41) is 8.84. The Bertz CT molecular complexity index is 973. The van der Waals surface area contributed by atoms with E-state index in [-0.39, 0.29) is 31.0 Å². The summed E-state index contributed by atoms with van der Waals surface area (Å²) in [6.45, 7) is 2.19. The van der Waals surface area contributed by atoms with Gasteiger partial charge in [0.1, 0.15) is 5.82 Å². The number of halogens is 2. The van der Waals surface area contributed by atoms with Gasteiger partial charge in [-0.2, -0.15) is 0 Å². The molecular weight excluding hydrogens is 364 g/mol. The summed E-state index contributed by atoms with van der Waals surface area (Å²) in [4.78, 5) is 7.53. The molecule has 0 spiro atoms. The molecule has 150 valence electrons. The molecule has 8 heteroatoms. The highest BCUT2D eigenvalue weighted by Crippen LogP contribution is 2.44. The van der Waals surface area contributed by atoms with Crippen molar-refractivity contribution in [2.45, 2.75) is 75.9 Å². The second-order valence-corrected chi connectivity index (χ2v) is 8.28. The molecule has 1 N–H and O–H groups in total. The van der Waals surface area contributed by atoms with E-state index in [0.29, 0.717) is 18.8 Å². The van der Waals surface area contributed by atoms with Crippen molar-refractivity contribution in [3.8, 4) is 0 Å². The molecular formula is C20H25F2N5O. The van der Waals surface area contributed by atoms with Gasteiger partial charge in [-0.3, -0.25) is 4.40 Å². The molecule has 3 atom stereocenters. The standard InChI is InChI=1S/C20H25F2N5O/c1-2-12-9-14(28-13-3-6-20(21,22)7-4-13)10-15(12)19-26-25-17-11-24-18-16(27(17)19)5-8-23-18/h5,8,11-15,23H,2-4,6-7,9-10H2,1H3. The Hall–Kier alpha value is -2.09. The van der Waals surface area contributed by atoms with Crippen molar-refractivity contribution >= 4 is 16.8 Å². The summed E-state index contributed by atoms with van der Waals surface area (Å²) < 4.78 is 35.2. The third-order valence-corrected chi connectivity index (χ3v) is 6.52. The third-order valence-electron chi connectivity index (χ3n) is 6.52. The molecule has 3 aromatic rings. The number of nitrogens with one attached hydrogen (secondary N) is 1. The number of rotatable bonds is 4. The quantitative estimate of drug-likeness (QED) is 0.715. The SMILES string of the molecule is CCC1CC(OC2CCC(F)(F)CC2)CC1c1nnc2cnc3[nH]ccc3n12. The van der Waals surface area contributed by atoms with Gasteiger partial charge in [-0.1, -0.05) is 13.3 Å². The van der Waals surface area contributed by atoms with Crippen LogP contribution in [0.2, 0.25) is 0 Å². The van der Waals surface area contributed by atoms with Gasteiger partial charge in [0.2, 0.25) is 5.92 Å². The molecule has 0 aliphatic heterocycles. The maximum Gasteiger partial charge on any atom is 0.248 e. The zero-order valence-corrected chi connectivity index (χ0v) is 15.9. The Kier molecular flexibility index (Phi) is 4.34. The molecule has 2 aliphatic rings. The van der Waals surface area contributed by atoms with Gasteiger partial charge >= 0.3 is 0 Å². The van der Waals surface area contributed by atoms with Crippen LogP contribution in [0.4, 0.5) is 8.78 Å². The van der Waals surface area contributed by atoms with E-state index in [4.69, 9.17) is 4.74 Å². The first-order chi connectivity index (χ1) is 13.5. The van der Waals surface area contributed by atoms with Crippen LogP contribution < -0.4 is 0 Å². The molecule has 0 aromatic carbocycles. The summed E-state index contributed by atoms with van der Waals surface area (Å²) in [6.07, 6.45) is 7.30. The molecule has 0 bridgehead atoms. The summed E-state index contributed by atoms with van der Waals surface area (Å²) in [6, 6.07) is 1.99. The van der Waals surface area contributed by atoms with E-state index in [1.807, 2.05) is 12.3 Å². The Morgan fingerprint density at radius 3 is 2.82 bits per heavy atom. The smallest absolute Gasteiger partial charge is 0.248 e. The van der Waals surface area contributed by atoms with Gasteiger partial charge in [0.05, 0.1) is 23.9 Å². The normalized spacial score (nSPS) is 28.5. The lowest BCUT2D eigenvalue weighted by Crippen LogP contribution is -2.31. The van der Waals surface area contributed by atoms with Gasteiger partial charge in [-0.25, -0.2) is 13.8 Å². The number of fused-ring (bicyclic) bond motifs is 3. The molecule has 0 radical (unpaired) electrons. The van der Waals surface area contributed by atoms with E-state index < -0.39 is 5.92 Å². The van der Waals surface area contributed by atoms with Crippen LogP contribution in [0.5, 0.6) is 0 Å². The summed E-state index contributed by atoms with van der Waals surface area (Å²) >= 11 is 0. The van der Waals surface area contributed by atoms with Crippen LogP contribution in [0.25, 0.3) is 16.8 Å². The minimum atomic E-state index is -2.51. The predicted octanol–water partition coefficient (Wildman–Crippen LogP) is 4.47. The highest BCUT2D eigenvalue weighted by Gasteiger charge is 2.41. The number of aromatic nitrogens is 5. The first-order valence-corrected chi connectivity index (χ1v) is 10.2. The van der Waals surface area contributed by atoms with Crippen LogP contribution in [0.15, 0.2) is 18.5 Å². The third kappa shape index (κ3) is 3.07. The van der Waals surface area contributed by atoms with Crippen molar-refractivity contribution in [3.05, 3.63) is 24.3 Å². The fourth-order valence-corrected chi connectivity index (χ4v) is 5.01. The number of aromatic amines is 1. The summed E-state index contributed by atoms with van der Waals surface area (Å²) in [5.74, 6) is -0.865. The van der Waals surface area contributed by atoms with Crippen molar-refractivity contribution in [2.24, 2.45) is 5.92 Å². The number of ether oxygens (including phenoxy) is 1. The molecule has 2 aliphatic carbocycles. The molecule has 6 nitrogen and oxygen atoms in total. The minimum Gasteiger partial charge on any atom is -0.375 e. The van der Waals surface area contributed by atoms with Gasteiger partial charge in [-0.15, -0.1) is 10.2 Å². The molecule has 3 aromatic heterocycles. The highest BCUT2D eigenvalue weighted by molar-refractivity contribution is 5.74. The van der Waals surface area contributed by atoms with Crippen molar-refractivity contribution in [2.75, 3.05) is 0 Å². The Morgan fingerprint density at radius 1 is 1.21 bits per heavy atom. The maximum absolute atomic E-state index is 13.4. The molecule has 5 rings (SSSR count). The van der Waals surface area contributed by atoms with Crippen LogP contribution >= 0.6 is 0 Å². The largest absolute Gasteiger partial charge is 0.375 e. The van der Waals surface area contributed by atoms with E-state index in [2.05, 4.69) is 31.5 Å². The van der Waals surface area contributed by atoms with Crippen molar-refractivity contribution < 1.29 is 13.5 Å². The second kappa shape index (κ2) is 6.76. The lowest BCUT2D eigenvalue weighted by Gasteiger charge is -2.30. The van der Waals surface area contributed by atoms with E-state index in [9.17, 15) is 8.78 Å². The van der Waals surface area contributed by atoms with Crippen LogP contribution in [-0.2, 0) is 4.74 Å². The van der Waals surface area contributed by atoms with Gasteiger partial charge in [0, 0.05) is 25.0 Å². The molecule has 0 saturated heterocycles. The first kappa shape index (κ1) is 18.0. The Morgan fingerprint density at radius 2 is 2.04 bits per heavy atom. The number of nitrogens with zero attached hydrogens (tertiary/aromatic N) is 4. The molecule has 2 saturated carbocycles. The Labute approximate surface area is 161 Å². The number of hydrogen-bond donors (Lipinski definition) is 1. The van der Waals surface area contributed by atoms with Crippen molar-refractivity contribution in [1.82, 2.24) is 24.6 Å². The second-order valence-electron chi connectivity index (χ2n) is 8.28. The molecule has 2 fully saturated rings. The van der Waals surface area contributed by atoms with Gasteiger partial charge in [0.25, 0.3) is 0 Å². The average molecular weight is 389 g/mol. The molecule has 28 heavy (non-hydrogen) atoms. The fourth-order valence-electron chi connectivity index (χ4n) is 5.01. The van der Waals surface area contributed by atoms with E-state index in [0.717, 1.165) is 41.9 Å². The minimum absolute atomic E-state index is 0.0448. The number of alkyl halides is 2. The monoisotopic (exact) mass is 389 g/mol. The summed E-state index contributed by atoms with van der Waals surface area (Å²) in [5.41, 5.74) is 2.54. The summed E-state index contributed by atoms with van der Waals surface area (Å²) in [7, 11) is 0. The fraction of sp³-hybridized carbons (Fsp3) is 0.650. The zero-order valence-electron chi connectivity index (χ0n) is 15.9. The van der Waals surface area contributed by atoms with Gasteiger partial charge < -0.3 is 9.72 Å². The molecule has 3 heterocycles. The van der Waals surface area contributed by atoms with E-state index in [1.54, 1.807) is 6.20 Å². The lowest BCUT2D eigenvalue weighted by molar-refractivity contribution is -0.0980. The van der Waals surface area contributed by atoms with E-state index in [1.165, 1.54) is 0 Å². The predicted molar refractivity (Wildman–Crippen MR) is 100 cm³/mol. The van der Waals surface area contributed by atoms with Gasteiger partial charge in [0.15, 0.2) is 11.3 Å². The van der Waals surface area contributed by atoms with Crippen molar-refractivity contribution in [1.29, 1.82) is 0 Å². The Balaban J connectivity index is 1.38. The van der Waals surface area contributed by atoms with E-state index >= 15 is 0 Å². The van der Waals surface area contributed by atoms with Crippen LogP contribution in [0.3, 0.4) is 0 Å².